The fraction of sp³-hybridized carbons (Fsp3) is 0.353. The fourth-order valence-corrected chi connectivity index (χ4v) is 2.75. The van der Waals surface area contributed by atoms with Gasteiger partial charge in [-0.1, -0.05) is 36.2 Å². The van der Waals surface area contributed by atoms with Crippen molar-refractivity contribution in [2.75, 3.05) is 11.9 Å². The summed E-state index contributed by atoms with van der Waals surface area (Å²) < 4.78 is 0. The largest absolute Gasteiger partial charge is 0.325 e. The fourth-order valence-electron chi connectivity index (χ4n) is 2.75. The molecule has 3 rings (SSSR count). The van der Waals surface area contributed by atoms with Gasteiger partial charge in [0.25, 0.3) is 0 Å². The second kappa shape index (κ2) is 5.63. The Kier molecular flexibility index (Phi) is 3.70. The highest BCUT2D eigenvalue weighted by Gasteiger charge is 2.20. The molecule has 1 aliphatic heterocycles. The highest BCUT2D eigenvalue weighted by Crippen LogP contribution is 2.21. The minimum absolute atomic E-state index is 0.0440. The molecular formula is C17H20N2O. The molecule has 1 saturated heterocycles. The lowest BCUT2D eigenvalue weighted by atomic mass is 10.0. The van der Waals surface area contributed by atoms with Crippen LogP contribution in [-0.2, 0) is 4.79 Å². The SMILES string of the molecule is Cc1ccc2cc(NC(=O)C3CCCCN3)ccc2c1. The van der Waals surface area contributed by atoms with Gasteiger partial charge in [0.1, 0.15) is 0 Å². The average Bonchev–Trinajstić information content (AvgIpc) is 2.48. The van der Waals surface area contributed by atoms with Gasteiger partial charge in [0, 0.05) is 5.69 Å². The van der Waals surface area contributed by atoms with Gasteiger partial charge in [-0.05, 0) is 49.2 Å². The Morgan fingerprint density at radius 3 is 2.75 bits per heavy atom. The van der Waals surface area contributed by atoms with Gasteiger partial charge < -0.3 is 10.6 Å². The molecule has 2 aromatic carbocycles. The Labute approximate surface area is 119 Å². The first-order chi connectivity index (χ1) is 9.72. The smallest absolute Gasteiger partial charge is 0.241 e. The molecule has 0 bridgehead atoms. The molecule has 20 heavy (non-hydrogen) atoms. The molecule has 0 saturated carbocycles. The van der Waals surface area contributed by atoms with Gasteiger partial charge in [0.05, 0.1) is 6.04 Å². The predicted octanol–water partition coefficient (Wildman–Crippen LogP) is 3.23. The number of anilines is 1. The highest BCUT2D eigenvalue weighted by atomic mass is 16.2. The molecule has 0 aliphatic carbocycles. The standard InChI is InChI=1S/C17H20N2O/c1-12-5-6-14-11-15(8-7-13(14)10-12)19-17(20)16-4-2-3-9-18-16/h5-8,10-11,16,18H,2-4,9H2,1H3,(H,19,20). The second-order valence-corrected chi connectivity index (χ2v) is 5.56. The summed E-state index contributed by atoms with van der Waals surface area (Å²) in [7, 11) is 0. The molecule has 0 spiro atoms. The Balaban J connectivity index is 1.76. The number of amides is 1. The third kappa shape index (κ3) is 2.83. The molecule has 1 atom stereocenters. The minimum atomic E-state index is -0.0440. The van der Waals surface area contributed by atoms with E-state index in [1.54, 1.807) is 0 Å². The number of carbonyl (C=O) groups is 1. The summed E-state index contributed by atoms with van der Waals surface area (Å²) in [6.07, 6.45) is 3.22. The molecule has 1 amide bonds. The van der Waals surface area contributed by atoms with Gasteiger partial charge in [-0.2, -0.15) is 0 Å². The lowest BCUT2D eigenvalue weighted by Crippen LogP contribution is -2.43. The van der Waals surface area contributed by atoms with Crippen molar-refractivity contribution in [3.63, 3.8) is 0 Å². The van der Waals surface area contributed by atoms with Crippen LogP contribution in [0.2, 0.25) is 0 Å². The molecule has 2 N–H and O–H groups in total. The number of piperidine rings is 1. The van der Waals surface area contributed by atoms with Crippen LogP contribution in [0.4, 0.5) is 5.69 Å². The van der Waals surface area contributed by atoms with E-state index in [0.29, 0.717) is 0 Å². The molecule has 1 unspecified atom stereocenters. The maximum absolute atomic E-state index is 12.2. The van der Waals surface area contributed by atoms with E-state index in [1.165, 1.54) is 17.4 Å². The molecule has 0 aromatic heterocycles. The zero-order chi connectivity index (χ0) is 13.9. The van der Waals surface area contributed by atoms with Gasteiger partial charge in [-0.3, -0.25) is 4.79 Å². The van der Waals surface area contributed by atoms with Crippen molar-refractivity contribution in [3.05, 3.63) is 42.0 Å². The molecule has 3 nitrogen and oxygen atoms in total. The summed E-state index contributed by atoms with van der Waals surface area (Å²) in [5.41, 5.74) is 2.12. The number of nitrogens with one attached hydrogen (secondary N) is 2. The van der Waals surface area contributed by atoms with Crippen LogP contribution in [0.25, 0.3) is 10.8 Å². The highest BCUT2D eigenvalue weighted by molar-refractivity contribution is 5.97. The number of hydrogen-bond acceptors (Lipinski definition) is 2. The molecule has 104 valence electrons. The lowest BCUT2D eigenvalue weighted by Gasteiger charge is -2.22. The van der Waals surface area contributed by atoms with E-state index in [-0.39, 0.29) is 11.9 Å². The van der Waals surface area contributed by atoms with E-state index in [4.69, 9.17) is 0 Å². The summed E-state index contributed by atoms with van der Waals surface area (Å²) in [6.45, 7) is 3.03. The van der Waals surface area contributed by atoms with Crippen LogP contribution in [0.15, 0.2) is 36.4 Å². The maximum Gasteiger partial charge on any atom is 0.241 e. The van der Waals surface area contributed by atoms with Gasteiger partial charge in [0.2, 0.25) is 5.91 Å². The number of benzene rings is 2. The monoisotopic (exact) mass is 268 g/mol. The van der Waals surface area contributed by atoms with Crippen LogP contribution in [-0.4, -0.2) is 18.5 Å². The zero-order valence-corrected chi connectivity index (χ0v) is 11.8. The molecule has 1 fully saturated rings. The van der Waals surface area contributed by atoms with Gasteiger partial charge >= 0.3 is 0 Å². The molecule has 3 heteroatoms. The third-order valence-corrected chi connectivity index (χ3v) is 3.89. The maximum atomic E-state index is 12.2. The minimum Gasteiger partial charge on any atom is -0.325 e. The van der Waals surface area contributed by atoms with E-state index in [9.17, 15) is 4.79 Å². The lowest BCUT2D eigenvalue weighted by molar-refractivity contribution is -0.118. The molecule has 0 radical (unpaired) electrons. The normalized spacial score (nSPS) is 18.9. The molecule has 1 heterocycles. The Morgan fingerprint density at radius 1 is 1.15 bits per heavy atom. The first-order valence-electron chi connectivity index (χ1n) is 7.27. The zero-order valence-electron chi connectivity index (χ0n) is 11.8. The summed E-state index contributed by atoms with van der Waals surface area (Å²) >= 11 is 0. The first-order valence-corrected chi connectivity index (χ1v) is 7.27. The van der Waals surface area contributed by atoms with Crippen molar-refractivity contribution in [3.8, 4) is 0 Å². The number of rotatable bonds is 2. The Morgan fingerprint density at radius 2 is 1.95 bits per heavy atom. The molecule has 1 aliphatic rings. The van der Waals surface area contributed by atoms with E-state index >= 15 is 0 Å². The van der Waals surface area contributed by atoms with Crippen LogP contribution >= 0.6 is 0 Å². The van der Waals surface area contributed by atoms with Gasteiger partial charge in [-0.25, -0.2) is 0 Å². The van der Waals surface area contributed by atoms with Crippen molar-refractivity contribution >= 4 is 22.4 Å². The Hall–Kier alpha value is -1.87. The van der Waals surface area contributed by atoms with E-state index < -0.39 is 0 Å². The second-order valence-electron chi connectivity index (χ2n) is 5.56. The van der Waals surface area contributed by atoms with Gasteiger partial charge in [-0.15, -0.1) is 0 Å². The van der Waals surface area contributed by atoms with E-state index in [0.717, 1.165) is 30.5 Å². The van der Waals surface area contributed by atoms with Crippen LogP contribution < -0.4 is 10.6 Å². The quantitative estimate of drug-likeness (QED) is 0.878. The topological polar surface area (TPSA) is 41.1 Å². The van der Waals surface area contributed by atoms with Crippen molar-refractivity contribution in [1.82, 2.24) is 5.32 Å². The summed E-state index contributed by atoms with van der Waals surface area (Å²) in [4.78, 5) is 12.2. The number of aryl methyl sites for hydroxylation is 1. The van der Waals surface area contributed by atoms with Crippen LogP contribution in [0.3, 0.4) is 0 Å². The van der Waals surface area contributed by atoms with E-state index in [2.05, 4.69) is 41.8 Å². The first kappa shape index (κ1) is 13.1. The predicted molar refractivity (Wildman–Crippen MR) is 83.0 cm³/mol. The van der Waals surface area contributed by atoms with Crippen LogP contribution in [0.5, 0.6) is 0 Å². The number of fused-ring (bicyclic) bond motifs is 1. The van der Waals surface area contributed by atoms with Crippen molar-refractivity contribution < 1.29 is 4.79 Å². The third-order valence-electron chi connectivity index (χ3n) is 3.89. The summed E-state index contributed by atoms with van der Waals surface area (Å²) in [5.74, 6) is 0.0798. The van der Waals surface area contributed by atoms with Crippen LogP contribution in [0, 0.1) is 6.92 Å². The summed E-state index contributed by atoms with van der Waals surface area (Å²) in [5, 5.41) is 8.65. The number of hydrogen-bond donors (Lipinski definition) is 2. The molecule has 2 aromatic rings. The van der Waals surface area contributed by atoms with E-state index in [1.807, 2.05) is 12.1 Å². The van der Waals surface area contributed by atoms with Crippen molar-refractivity contribution in [2.24, 2.45) is 0 Å². The van der Waals surface area contributed by atoms with Crippen LogP contribution in [0.1, 0.15) is 24.8 Å². The van der Waals surface area contributed by atoms with Gasteiger partial charge in [0.15, 0.2) is 0 Å². The Bertz CT molecular complexity index is 630. The van der Waals surface area contributed by atoms with Crippen molar-refractivity contribution in [1.29, 1.82) is 0 Å². The molecular weight excluding hydrogens is 248 g/mol. The summed E-state index contributed by atoms with van der Waals surface area (Å²) in [6, 6.07) is 12.4. The average molecular weight is 268 g/mol. The number of carbonyl (C=O) groups excluding carboxylic acids is 1. The van der Waals surface area contributed by atoms with Crippen molar-refractivity contribution in [2.45, 2.75) is 32.2 Å².